The molecule has 1 aliphatic rings. The standard InChI is InChI=1S/C22H22N4O3S/c1-15-4-2-3-5-18(15)21(28)24-11-10-20(27)26-14-30-13-19(26)22(29)25-17-8-6-16(12-23)7-9-17/h2-9,19H,10-11,13-14H2,1H3,(H,24,28)(H,25,29). The molecular formula is C22H22N4O3S. The van der Waals surface area contributed by atoms with Crippen molar-refractivity contribution in [2.75, 3.05) is 23.5 Å². The number of carbonyl (C=O) groups is 3. The van der Waals surface area contributed by atoms with Crippen molar-refractivity contribution in [2.24, 2.45) is 0 Å². The molecule has 7 nitrogen and oxygen atoms in total. The average Bonchev–Trinajstić information content (AvgIpc) is 3.24. The van der Waals surface area contributed by atoms with Gasteiger partial charge in [0.05, 0.1) is 17.5 Å². The van der Waals surface area contributed by atoms with Crippen LogP contribution in [0.5, 0.6) is 0 Å². The summed E-state index contributed by atoms with van der Waals surface area (Å²) < 4.78 is 0. The lowest BCUT2D eigenvalue weighted by molar-refractivity contribution is -0.136. The quantitative estimate of drug-likeness (QED) is 0.745. The van der Waals surface area contributed by atoms with Crippen LogP contribution in [-0.4, -0.2) is 46.8 Å². The van der Waals surface area contributed by atoms with E-state index < -0.39 is 6.04 Å². The molecule has 2 N–H and O–H groups in total. The molecule has 2 aromatic rings. The minimum absolute atomic E-state index is 0.124. The van der Waals surface area contributed by atoms with Crippen molar-refractivity contribution in [3.63, 3.8) is 0 Å². The van der Waals surface area contributed by atoms with Gasteiger partial charge in [0, 0.05) is 30.0 Å². The smallest absolute Gasteiger partial charge is 0.251 e. The summed E-state index contributed by atoms with van der Waals surface area (Å²) >= 11 is 1.52. The van der Waals surface area contributed by atoms with Crippen molar-refractivity contribution in [1.29, 1.82) is 5.26 Å². The Bertz CT molecular complexity index is 985. The first kappa shape index (κ1) is 21.4. The van der Waals surface area contributed by atoms with Gasteiger partial charge in [-0.05, 0) is 42.8 Å². The van der Waals surface area contributed by atoms with E-state index in [1.54, 1.807) is 41.3 Å². The van der Waals surface area contributed by atoms with Crippen LogP contribution in [0.15, 0.2) is 48.5 Å². The third-order valence-corrected chi connectivity index (χ3v) is 5.81. The molecule has 1 saturated heterocycles. The van der Waals surface area contributed by atoms with Crippen LogP contribution in [0.3, 0.4) is 0 Å². The van der Waals surface area contributed by atoms with Crippen LogP contribution in [0.25, 0.3) is 0 Å². The number of hydrogen-bond acceptors (Lipinski definition) is 5. The topological polar surface area (TPSA) is 102 Å². The fraction of sp³-hybridized carbons (Fsp3) is 0.273. The first-order valence-electron chi connectivity index (χ1n) is 9.51. The van der Waals surface area contributed by atoms with Crippen LogP contribution < -0.4 is 10.6 Å². The second-order valence-electron chi connectivity index (χ2n) is 6.88. The first-order chi connectivity index (χ1) is 14.5. The SMILES string of the molecule is Cc1ccccc1C(=O)NCCC(=O)N1CSCC1C(=O)Nc1ccc(C#N)cc1. The lowest BCUT2D eigenvalue weighted by atomic mass is 10.1. The summed E-state index contributed by atoms with van der Waals surface area (Å²) in [5.41, 5.74) is 2.54. The van der Waals surface area contributed by atoms with Gasteiger partial charge < -0.3 is 15.5 Å². The molecule has 1 atom stereocenters. The van der Waals surface area contributed by atoms with E-state index in [1.807, 2.05) is 25.1 Å². The molecule has 0 bridgehead atoms. The zero-order valence-electron chi connectivity index (χ0n) is 16.6. The van der Waals surface area contributed by atoms with Gasteiger partial charge in [0.1, 0.15) is 6.04 Å². The highest BCUT2D eigenvalue weighted by atomic mass is 32.2. The number of nitrogens with zero attached hydrogens (tertiary/aromatic N) is 2. The van der Waals surface area contributed by atoms with Gasteiger partial charge in [-0.2, -0.15) is 5.26 Å². The van der Waals surface area contributed by atoms with Crippen molar-refractivity contribution < 1.29 is 14.4 Å². The molecule has 1 heterocycles. The van der Waals surface area contributed by atoms with Crippen LogP contribution in [0.4, 0.5) is 5.69 Å². The highest BCUT2D eigenvalue weighted by Crippen LogP contribution is 2.23. The van der Waals surface area contributed by atoms with Crippen LogP contribution in [0.2, 0.25) is 0 Å². The second-order valence-corrected chi connectivity index (χ2v) is 7.88. The molecule has 3 amide bonds. The second kappa shape index (κ2) is 9.94. The van der Waals surface area contributed by atoms with E-state index in [2.05, 4.69) is 10.6 Å². The van der Waals surface area contributed by atoms with Crippen molar-refractivity contribution in [1.82, 2.24) is 10.2 Å². The van der Waals surface area contributed by atoms with E-state index in [0.29, 0.717) is 28.4 Å². The number of aryl methyl sites for hydroxylation is 1. The fourth-order valence-electron chi connectivity index (χ4n) is 3.11. The number of hydrogen-bond donors (Lipinski definition) is 2. The number of nitriles is 1. The molecule has 154 valence electrons. The number of benzene rings is 2. The third kappa shape index (κ3) is 5.19. The van der Waals surface area contributed by atoms with Crippen molar-refractivity contribution in [3.8, 4) is 6.07 Å². The Morgan fingerprint density at radius 3 is 2.60 bits per heavy atom. The third-order valence-electron chi connectivity index (χ3n) is 4.80. The molecule has 2 aromatic carbocycles. The fourth-order valence-corrected chi connectivity index (χ4v) is 4.29. The number of amides is 3. The molecule has 0 spiro atoms. The Balaban J connectivity index is 1.52. The Labute approximate surface area is 179 Å². The van der Waals surface area contributed by atoms with Gasteiger partial charge in [0.25, 0.3) is 5.91 Å². The Kier molecular flexibility index (Phi) is 7.09. The normalized spacial score (nSPS) is 15.3. The summed E-state index contributed by atoms with van der Waals surface area (Å²) in [6.07, 6.45) is 0.124. The molecule has 0 saturated carbocycles. The van der Waals surface area contributed by atoms with E-state index in [-0.39, 0.29) is 30.7 Å². The van der Waals surface area contributed by atoms with E-state index >= 15 is 0 Å². The van der Waals surface area contributed by atoms with E-state index in [1.165, 1.54) is 11.8 Å². The molecule has 1 unspecified atom stereocenters. The number of anilines is 1. The van der Waals surface area contributed by atoms with Crippen molar-refractivity contribution in [3.05, 3.63) is 65.2 Å². The van der Waals surface area contributed by atoms with Crippen LogP contribution in [0, 0.1) is 18.3 Å². The molecule has 0 aliphatic carbocycles. The van der Waals surface area contributed by atoms with Gasteiger partial charge in [0.2, 0.25) is 11.8 Å². The number of carbonyl (C=O) groups excluding carboxylic acids is 3. The molecule has 1 fully saturated rings. The summed E-state index contributed by atoms with van der Waals surface area (Å²) in [6.45, 7) is 2.07. The maximum Gasteiger partial charge on any atom is 0.251 e. The largest absolute Gasteiger partial charge is 0.352 e. The Hall–Kier alpha value is -3.31. The highest BCUT2D eigenvalue weighted by molar-refractivity contribution is 7.99. The summed E-state index contributed by atoms with van der Waals surface area (Å²) in [4.78, 5) is 39.1. The van der Waals surface area contributed by atoms with E-state index in [4.69, 9.17) is 5.26 Å². The Morgan fingerprint density at radius 2 is 1.90 bits per heavy atom. The lowest BCUT2D eigenvalue weighted by Crippen LogP contribution is -2.45. The molecule has 8 heteroatoms. The van der Waals surface area contributed by atoms with E-state index in [9.17, 15) is 14.4 Å². The van der Waals surface area contributed by atoms with Gasteiger partial charge in [-0.15, -0.1) is 11.8 Å². The van der Waals surface area contributed by atoms with Gasteiger partial charge in [-0.3, -0.25) is 14.4 Å². The Morgan fingerprint density at radius 1 is 1.17 bits per heavy atom. The summed E-state index contributed by atoms with van der Waals surface area (Å²) in [6, 6.07) is 15.3. The first-order valence-corrected chi connectivity index (χ1v) is 10.7. The molecular weight excluding hydrogens is 400 g/mol. The summed E-state index contributed by atoms with van der Waals surface area (Å²) in [5.74, 6) is 0.304. The van der Waals surface area contributed by atoms with Gasteiger partial charge in [-0.25, -0.2) is 0 Å². The lowest BCUT2D eigenvalue weighted by Gasteiger charge is -2.23. The van der Waals surface area contributed by atoms with Crippen molar-refractivity contribution >= 4 is 35.2 Å². The zero-order valence-corrected chi connectivity index (χ0v) is 17.4. The number of rotatable bonds is 6. The summed E-state index contributed by atoms with van der Waals surface area (Å²) in [5, 5.41) is 14.4. The molecule has 0 radical (unpaired) electrons. The highest BCUT2D eigenvalue weighted by Gasteiger charge is 2.34. The van der Waals surface area contributed by atoms with Crippen molar-refractivity contribution in [2.45, 2.75) is 19.4 Å². The average molecular weight is 423 g/mol. The predicted molar refractivity (Wildman–Crippen MR) is 116 cm³/mol. The van der Waals surface area contributed by atoms with E-state index in [0.717, 1.165) is 5.56 Å². The van der Waals surface area contributed by atoms with Crippen LogP contribution in [0.1, 0.15) is 27.9 Å². The molecule has 3 rings (SSSR count). The molecule has 30 heavy (non-hydrogen) atoms. The van der Waals surface area contributed by atoms with Crippen LogP contribution in [-0.2, 0) is 9.59 Å². The molecule has 1 aliphatic heterocycles. The maximum atomic E-state index is 12.6. The van der Waals surface area contributed by atoms with Gasteiger partial charge >= 0.3 is 0 Å². The molecule has 0 aromatic heterocycles. The zero-order chi connectivity index (χ0) is 21.5. The number of thioether (sulfide) groups is 1. The summed E-state index contributed by atoms with van der Waals surface area (Å²) in [7, 11) is 0. The minimum Gasteiger partial charge on any atom is -0.352 e. The number of nitrogens with one attached hydrogen (secondary N) is 2. The van der Waals surface area contributed by atoms with Crippen LogP contribution >= 0.6 is 11.8 Å². The maximum absolute atomic E-state index is 12.6. The monoisotopic (exact) mass is 422 g/mol. The van der Waals surface area contributed by atoms with Gasteiger partial charge in [0.15, 0.2) is 0 Å². The van der Waals surface area contributed by atoms with Gasteiger partial charge in [-0.1, -0.05) is 18.2 Å². The predicted octanol–water partition coefficient (Wildman–Crippen LogP) is 2.53. The minimum atomic E-state index is -0.565.